The van der Waals surface area contributed by atoms with E-state index < -0.39 is 10.0 Å². The zero-order valence-corrected chi connectivity index (χ0v) is 11.3. The molecule has 6 heteroatoms. The normalized spacial score (nSPS) is 12.2. The number of nitrogens with zero attached hydrogens (tertiary/aromatic N) is 1. The molecule has 5 nitrogen and oxygen atoms in total. The van der Waals surface area contributed by atoms with Gasteiger partial charge < -0.3 is 10.1 Å². The number of sulfonamides is 1. The first kappa shape index (κ1) is 15.8. The molecule has 0 heterocycles. The number of likely N-dealkylation sites (N-methyl/N-ethyl adjacent to an activating group) is 1. The van der Waals surface area contributed by atoms with E-state index in [1.807, 2.05) is 6.92 Å². The predicted octanol–water partition coefficient (Wildman–Crippen LogP) is 0.284. The lowest BCUT2D eigenvalue weighted by molar-refractivity contribution is 0.185. The fourth-order valence-corrected chi connectivity index (χ4v) is 2.46. The molecule has 0 aromatic heterocycles. The summed E-state index contributed by atoms with van der Waals surface area (Å²) >= 11 is 0. The predicted molar refractivity (Wildman–Crippen MR) is 66.1 cm³/mol. The summed E-state index contributed by atoms with van der Waals surface area (Å²) < 4.78 is 29.7. The molecule has 0 amide bonds. The summed E-state index contributed by atoms with van der Waals surface area (Å²) in [5.41, 5.74) is 0. The summed E-state index contributed by atoms with van der Waals surface area (Å²) in [6.45, 7) is 4.71. The van der Waals surface area contributed by atoms with E-state index in [0.29, 0.717) is 19.6 Å². The second kappa shape index (κ2) is 8.92. The molecule has 0 fully saturated rings. The zero-order chi connectivity index (χ0) is 12.4. The van der Waals surface area contributed by atoms with E-state index in [4.69, 9.17) is 4.74 Å². The molecular weight excluding hydrogens is 228 g/mol. The number of ether oxygens (including phenoxy) is 1. The van der Waals surface area contributed by atoms with Crippen molar-refractivity contribution < 1.29 is 13.2 Å². The summed E-state index contributed by atoms with van der Waals surface area (Å²) in [7, 11) is 0.0681. The van der Waals surface area contributed by atoms with E-state index in [2.05, 4.69) is 5.32 Å². The molecule has 0 bridgehead atoms. The molecule has 0 aromatic rings. The molecule has 0 unspecified atom stereocenters. The van der Waals surface area contributed by atoms with Gasteiger partial charge in [0.05, 0.1) is 12.4 Å². The summed E-state index contributed by atoms with van der Waals surface area (Å²) in [5, 5.41) is 3.17. The maximum Gasteiger partial charge on any atom is 0.213 e. The lowest BCUT2D eigenvalue weighted by Crippen LogP contribution is -2.32. The van der Waals surface area contributed by atoms with Gasteiger partial charge in [0.1, 0.15) is 0 Å². The number of unbranched alkanes of at least 4 members (excludes halogenated alkanes) is 1. The van der Waals surface area contributed by atoms with Crippen molar-refractivity contribution in [2.45, 2.75) is 19.8 Å². The molecule has 0 saturated heterocycles. The van der Waals surface area contributed by atoms with Gasteiger partial charge in [0, 0.05) is 20.7 Å². The van der Waals surface area contributed by atoms with Gasteiger partial charge in [-0.25, -0.2) is 12.7 Å². The van der Waals surface area contributed by atoms with E-state index in [1.165, 1.54) is 4.31 Å². The summed E-state index contributed by atoms with van der Waals surface area (Å²) in [5.74, 6) is 0.221. The van der Waals surface area contributed by atoms with Gasteiger partial charge in [-0.15, -0.1) is 0 Å². The summed E-state index contributed by atoms with van der Waals surface area (Å²) in [4.78, 5) is 0. The van der Waals surface area contributed by atoms with Crippen molar-refractivity contribution in [1.82, 2.24) is 9.62 Å². The van der Waals surface area contributed by atoms with E-state index in [0.717, 1.165) is 19.5 Å². The van der Waals surface area contributed by atoms with E-state index in [-0.39, 0.29) is 5.75 Å². The minimum absolute atomic E-state index is 0.221. The molecule has 0 aromatic carbocycles. The molecule has 98 valence electrons. The van der Waals surface area contributed by atoms with Gasteiger partial charge in [0.15, 0.2) is 0 Å². The SMILES string of the molecule is CCNCCCCS(=O)(=O)N(C)CCOC. The Labute approximate surface area is 99.2 Å². The van der Waals surface area contributed by atoms with Crippen LogP contribution in [0.5, 0.6) is 0 Å². The summed E-state index contributed by atoms with van der Waals surface area (Å²) in [6.07, 6.45) is 1.60. The van der Waals surface area contributed by atoms with Crippen LogP contribution in [0.2, 0.25) is 0 Å². The quantitative estimate of drug-likeness (QED) is 0.568. The van der Waals surface area contributed by atoms with E-state index in [9.17, 15) is 8.42 Å². The Balaban J connectivity index is 3.77. The molecule has 1 N–H and O–H groups in total. The van der Waals surface area contributed by atoms with Crippen LogP contribution in [0, 0.1) is 0 Å². The van der Waals surface area contributed by atoms with Crippen LogP contribution in [0.3, 0.4) is 0 Å². The molecule has 0 rings (SSSR count). The van der Waals surface area contributed by atoms with Crippen LogP contribution in [0.4, 0.5) is 0 Å². The number of hydrogen-bond acceptors (Lipinski definition) is 4. The largest absolute Gasteiger partial charge is 0.383 e. The van der Waals surface area contributed by atoms with Crippen LogP contribution in [-0.4, -0.2) is 58.9 Å². The summed E-state index contributed by atoms with van der Waals surface area (Å²) in [6, 6.07) is 0. The highest BCUT2D eigenvalue weighted by Crippen LogP contribution is 2.01. The van der Waals surface area contributed by atoms with Gasteiger partial charge in [-0.1, -0.05) is 6.92 Å². The van der Waals surface area contributed by atoms with Crippen molar-refractivity contribution in [1.29, 1.82) is 0 Å². The molecule has 0 aliphatic carbocycles. The topological polar surface area (TPSA) is 58.6 Å². The minimum atomic E-state index is -3.09. The van der Waals surface area contributed by atoms with Crippen molar-refractivity contribution in [3.63, 3.8) is 0 Å². The van der Waals surface area contributed by atoms with Crippen molar-refractivity contribution in [2.75, 3.05) is 46.2 Å². The highest BCUT2D eigenvalue weighted by molar-refractivity contribution is 7.89. The second-order valence-corrected chi connectivity index (χ2v) is 5.89. The van der Waals surface area contributed by atoms with Gasteiger partial charge in [-0.2, -0.15) is 0 Å². The number of methoxy groups -OCH3 is 1. The maximum absolute atomic E-state index is 11.7. The van der Waals surface area contributed by atoms with Gasteiger partial charge in [-0.05, 0) is 25.9 Å². The maximum atomic E-state index is 11.7. The standard InChI is InChI=1S/C10H24N2O3S/c1-4-11-7-5-6-10-16(13,14)12(2)8-9-15-3/h11H,4-10H2,1-3H3. The van der Waals surface area contributed by atoms with Crippen molar-refractivity contribution >= 4 is 10.0 Å². The number of hydrogen-bond donors (Lipinski definition) is 1. The number of rotatable bonds is 10. The number of nitrogens with one attached hydrogen (secondary N) is 1. The van der Waals surface area contributed by atoms with E-state index in [1.54, 1.807) is 14.2 Å². The molecule has 0 atom stereocenters. The molecular formula is C10H24N2O3S. The molecule has 0 spiro atoms. The third-order valence-corrected chi connectivity index (χ3v) is 4.28. The van der Waals surface area contributed by atoms with Gasteiger partial charge in [0.25, 0.3) is 0 Å². The van der Waals surface area contributed by atoms with Crippen LogP contribution >= 0.6 is 0 Å². The monoisotopic (exact) mass is 252 g/mol. The molecule has 0 aliphatic rings. The van der Waals surface area contributed by atoms with Crippen LogP contribution in [0.1, 0.15) is 19.8 Å². The van der Waals surface area contributed by atoms with Crippen LogP contribution < -0.4 is 5.32 Å². The molecule has 0 saturated carbocycles. The smallest absolute Gasteiger partial charge is 0.213 e. The van der Waals surface area contributed by atoms with Crippen molar-refractivity contribution in [3.8, 4) is 0 Å². The first-order valence-corrected chi connectivity index (χ1v) is 7.29. The Hall–Kier alpha value is -0.170. The minimum Gasteiger partial charge on any atom is -0.383 e. The second-order valence-electron chi connectivity index (χ2n) is 3.69. The van der Waals surface area contributed by atoms with Crippen molar-refractivity contribution in [3.05, 3.63) is 0 Å². The highest BCUT2D eigenvalue weighted by atomic mass is 32.2. The zero-order valence-electron chi connectivity index (χ0n) is 10.5. The van der Waals surface area contributed by atoms with Gasteiger partial charge in [0.2, 0.25) is 10.0 Å². The van der Waals surface area contributed by atoms with Crippen molar-refractivity contribution in [2.24, 2.45) is 0 Å². The molecule has 0 aliphatic heterocycles. The highest BCUT2D eigenvalue weighted by Gasteiger charge is 2.16. The Morgan fingerprint density at radius 1 is 1.31 bits per heavy atom. The third-order valence-electron chi connectivity index (χ3n) is 2.34. The molecule has 16 heavy (non-hydrogen) atoms. The van der Waals surface area contributed by atoms with Gasteiger partial charge >= 0.3 is 0 Å². The van der Waals surface area contributed by atoms with Crippen LogP contribution in [-0.2, 0) is 14.8 Å². The Morgan fingerprint density at radius 3 is 2.56 bits per heavy atom. The fourth-order valence-electron chi connectivity index (χ4n) is 1.23. The average Bonchev–Trinajstić information content (AvgIpc) is 2.25. The first-order chi connectivity index (χ1) is 7.54. The van der Waals surface area contributed by atoms with E-state index >= 15 is 0 Å². The van der Waals surface area contributed by atoms with Gasteiger partial charge in [-0.3, -0.25) is 0 Å². The molecule has 0 radical (unpaired) electrons. The first-order valence-electron chi connectivity index (χ1n) is 5.68. The van der Waals surface area contributed by atoms with Crippen LogP contribution in [0.25, 0.3) is 0 Å². The van der Waals surface area contributed by atoms with Crippen LogP contribution in [0.15, 0.2) is 0 Å². The third kappa shape index (κ3) is 7.16. The lowest BCUT2D eigenvalue weighted by atomic mass is 10.3. The Morgan fingerprint density at radius 2 is 2.00 bits per heavy atom. The Kier molecular flexibility index (Phi) is 8.83. The lowest BCUT2D eigenvalue weighted by Gasteiger charge is -2.16. The fraction of sp³-hybridized carbons (Fsp3) is 1.00. The average molecular weight is 252 g/mol. The Bertz CT molecular complexity index is 255.